The highest BCUT2D eigenvalue weighted by molar-refractivity contribution is 6.00. The number of para-hydroxylation sites is 1. The molecule has 0 aliphatic heterocycles. The maximum absolute atomic E-state index is 12.7. The molecule has 0 bridgehead atoms. The Morgan fingerprint density at radius 2 is 1.15 bits per heavy atom. The average Bonchev–Trinajstić information content (AvgIpc) is 2.94. The number of nitrogens with zero attached hydrogens (tertiary/aromatic N) is 1. The molecule has 0 spiro atoms. The molecule has 3 amide bonds. The fraction of sp³-hybridized carbons (Fsp3) is 0.0968. The maximum Gasteiger partial charge on any atom is 0.323 e. The van der Waals surface area contributed by atoms with Gasteiger partial charge in [0.15, 0.2) is 0 Å². The van der Waals surface area contributed by atoms with Crippen LogP contribution in [-0.2, 0) is 4.79 Å². The smallest absolute Gasteiger partial charge is 0.323 e. The number of carbonyl (C=O) groups excluding carboxylic acids is 2. The highest BCUT2D eigenvalue weighted by Gasteiger charge is 2.27. The first-order valence-corrected chi connectivity index (χ1v) is 12.6. The van der Waals surface area contributed by atoms with Crippen LogP contribution >= 0.6 is 0 Å². The van der Waals surface area contributed by atoms with Crippen molar-refractivity contribution in [2.24, 2.45) is 5.29 Å². The summed E-state index contributed by atoms with van der Waals surface area (Å²) in [5, 5.41) is 14.3. The van der Waals surface area contributed by atoms with Crippen molar-refractivity contribution in [3.05, 3.63) is 119 Å². The van der Waals surface area contributed by atoms with E-state index >= 15 is 0 Å². The Bertz CT molecular complexity index is 1480. The van der Waals surface area contributed by atoms with E-state index in [0.717, 1.165) is 22.5 Å². The monoisotopic (exact) mass is 534 g/mol. The van der Waals surface area contributed by atoms with Crippen molar-refractivity contribution in [2.75, 3.05) is 26.7 Å². The number of amides is 3. The Hall–Kier alpha value is -5.44. The van der Waals surface area contributed by atoms with Crippen LogP contribution in [-0.4, -0.2) is 17.5 Å². The Balaban J connectivity index is 1.29. The number of hydrogen-bond donors (Lipinski definition) is 5. The molecule has 0 fully saturated rings. The molecule has 5 N–H and O–H groups in total. The van der Waals surface area contributed by atoms with E-state index in [1.165, 1.54) is 0 Å². The molecule has 0 atom stereocenters. The summed E-state index contributed by atoms with van der Waals surface area (Å²) >= 11 is 0. The number of nitroso groups, excluding NO2 is 1. The predicted molar refractivity (Wildman–Crippen MR) is 163 cm³/mol. The van der Waals surface area contributed by atoms with Gasteiger partial charge in [-0.3, -0.25) is 4.79 Å². The van der Waals surface area contributed by atoms with Gasteiger partial charge in [0.25, 0.3) is 0 Å². The summed E-state index contributed by atoms with van der Waals surface area (Å²) in [6.07, 6.45) is 3.96. The van der Waals surface area contributed by atoms with Crippen LogP contribution in [0, 0.1) is 4.91 Å². The summed E-state index contributed by atoms with van der Waals surface area (Å²) in [4.78, 5) is 35.4. The lowest BCUT2D eigenvalue weighted by atomic mass is 10.0. The van der Waals surface area contributed by atoms with Gasteiger partial charge in [-0.05, 0) is 79.6 Å². The van der Waals surface area contributed by atoms with Gasteiger partial charge >= 0.3 is 6.03 Å². The minimum absolute atomic E-state index is 0.128. The minimum atomic E-state index is -0.811. The molecule has 9 heteroatoms. The minimum Gasteiger partial charge on any atom is -0.372 e. The SMILES string of the molecule is CC(C)(Nc1ccc(/C=C/c2ccc(NC(=O)Nc3cccc(NN=O)c3)cc2)cc1)C(=O)Nc1ccccc1. The van der Waals surface area contributed by atoms with Crippen LogP contribution in [0.25, 0.3) is 12.2 Å². The summed E-state index contributed by atoms with van der Waals surface area (Å²) in [7, 11) is 0. The first kappa shape index (κ1) is 27.6. The number of urea groups is 1. The van der Waals surface area contributed by atoms with Crippen molar-refractivity contribution >= 4 is 52.5 Å². The van der Waals surface area contributed by atoms with Gasteiger partial charge < -0.3 is 21.3 Å². The van der Waals surface area contributed by atoms with Crippen molar-refractivity contribution in [3.63, 3.8) is 0 Å². The van der Waals surface area contributed by atoms with E-state index in [1.807, 2.05) is 105 Å². The van der Waals surface area contributed by atoms with E-state index < -0.39 is 11.6 Å². The van der Waals surface area contributed by atoms with Crippen molar-refractivity contribution in [1.29, 1.82) is 0 Å². The van der Waals surface area contributed by atoms with E-state index in [9.17, 15) is 14.5 Å². The third kappa shape index (κ3) is 8.03. The lowest BCUT2D eigenvalue weighted by Crippen LogP contribution is -2.44. The standard InChI is InChI=1S/C31H30N6O3/c1-31(2,29(38)32-24-7-4-3-5-8-24)35-26-19-15-23(16-20-26)12-11-22-13-17-25(18-14-22)33-30(39)34-27-9-6-10-28(21-27)36-37-40/h3-21,35H,1-2H3,(H,32,38)(H,36,40)(H2,33,34,39)/b12-11+. The quantitative estimate of drug-likeness (QED) is 0.0823. The summed E-state index contributed by atoms with van der Waals surface area (Å²) in [5.74, 6) is -0.128. The van der Waals surface area contributed by atoms with Gasteiger partial charge in [0.1, 0.15) is 5.54 Å². The zero-order valence-corrected chi connectivity index (χ0v) is 22.1. The molecule has 0 heterocycles. The second kappa shape index (κ2) is 12.9. The Labute approximate surface area is 232 Å². The molecular weight excluding hydrogens is 504 g/mol. The van der Waals surface area contributed by atoms with E-state index in [0.29, 0.717) is 17.1 Å². The van der Waals surface area contributed by atoms with Crippen molar-refractivity contribution < 1.29 is 9.59 Å². The van der Waals surface area contributed by atoms with E-state index in [4.69, 9.17) is 0 Å². The van der Waals surface area contributed by atoms with Gasteiger partial charge in [0, 0.05) is 22.7 Å². The molecule has 202 valence electrons. The number of rotatable bonds is 10. The predicted octanol–water partition coefficient (Wildman–Crippen LogP) is 7.42. The Morgan fingerprint density at radius 3 is 1.77 bits per heavy atom. The van der Waals surface area contributed by atoms with E-state index in [2.05, 4.69) is 32.0 Å². The Morgan fingerprint density at radius 1 is 0.625 bits per heavy atom. The molecule has 0 aliphatic rings. The molecule has 0 saturated carbocycles. The molecule has 0 aromatic heterocycles. The highest BCUT2D eigenvalue weighted by atomic mass is 16.3. The fourth-order valence-corrected chi connectivity index (χ4v) is 3.79. The normalized spacial score (nSPS) is 10.9. The topological polar surface area (TPSA) is 124 Å². The van der Waals surface area contributed by atoms with Crippen molar-refractivity contribution in [3.8, 4) is 0 Å². The lowest BCUT2D eigenvalue weighted by Gasteiger charge is -2.26. The highest BCUT2D eigenvalue weighted by Crippen LogP contribution is 2.20. The van der Waals surface area contributed by atoms with Crippen LogP contribution in [0.1, 0.15) is 25.0 Å². The number of benzene rings is 4. The van der Waals surface area contributed by atoms with Crippen LogP contribution < -0.4 is 26.7 Å². The van der Waals surface area contributed by atoms with E-state index in [1.54, 1.807) is 24.3 Å². The average molecular weight is 535 g/mol. The second-order valence-corrected chi connectivity index (χ2v) is 9.51. The lowest BCUT2D eigenvalue weighted by molar-refractivity contribution is -0.119. The second-order valence-electron chi connectivity index (χ2n) is 9.51. The maximum atomic E-state index is 12.7. The Kier molecular flexibility index (Phi) is 8.88. The molecule has 0 unspecified atom stereocenters. The van der Waals surface area contributed by atoms with Crippen LogP contribution in [0.3, 0.4) is 0 Å². The number of hydrogen-bond acceptors (Lipinski definition) is 5. The molecular formula is C31H30N6O3. The molecule has 0 aliphatic carbocycles. The number of anilines is 5. The summed E-state index contributed by atoms with van der Waals surface area (Å²) < 4.78 is 0. The first-order chi connectivity index (χ1) is 19.3. The summed E-state index contributed by atoms with van der Waals surface area (Å²) in [6.45, 7) is 3.67. The van der Waals surface area contributed by atoms with Gasteiger partial charge in [-0.25, -0.2) is 10.2 Å². The van der Waals surface area contributed by atoms with Crippen LogP contribution in [0.2, 0.25) is 0 Å². The molecule has 4 aromatic rings. The number of carbonyl (C=O) groups is 2. The molecule has 9 nitrogen and oxygen atoms in total. The van der Waals surface area contributed by atoms with Gasteiger partial charge in [0.05, 0.1) is 11.0 Å². The van der Waals surface area contributed by atoms with Crippen LogP contribution in [0.4, 0.5) is 33.2 Å². The third-order valence-electron chi connectivity index (χ3n) is 5.90. The van der Waals surface area contributed by atoms with Gasteiger partial charge in [-0.2, -0.15) is 0 Å². The molecule has 40 heavy (non-hydrogen) atoms. The molecule has 0 radical (unpaired) electrons. The first-order valence-electron chi connectivity index (χ1n) is 12.6. The van der Waals surface area contributed by atoms with Crippen molar-refractivity contribution in [1.82, 2.24) is 0 Å². The number of nitrogens with one attached hydrogen (secondary N) is 5. The van der Waals surface area contributed by atoms with Crippen LogP contribution in [0.15, 0.2) is 108 Å². The molecule has 4 rings (SSSR count). The zero-order chi connectivity index (χ0) is 28.4. The summed E-state index contributed by atoms with van der Waals surface area (Å²) in [6, 6.07) is 30.8. The third-order valence-corrected chi connectivity index (χ3v) is 5.90. The molecule has 0 saturated heterocycles. The van der Waals surface area contributed by atoms with Crippen LogP contribution in [0.5, 0.6) is 0 Å². The largest absolute Gasteiger partial charge is 0.372 e. The summed E-state index contributed by atoms with van der Waals surface area (Å²) in [5.41, 5.74) is 6.67. The van der Waals surface area contributed by atoms with E-state index in [-0.39, 0.29) is 5.91 Å². The zero-order valence-electron chi connectivity index (χ0n) is 22.1. The van der Waals surface area contributed by atoms with Gasteiger partial charge in [-0.1, -0.05) is 60.7 Å². The molecule has 4 aromatic carbocycles. The van der Waals surface area contributed by atoms with Gasteiger partial charge in [0.2, 0.25) is 5.91 Å². The fourth-order valence-electron chi connectivity index (χ4n) is 3.79. The van der Waals surface area contributed by atoms with Crippen molar-refractivity contribution in [2.45, 2.75) is 19.4 Å². The van der Waals surface area contributed by atoms with Gasteiger partial charge in [-0.15, -0.1) is 4.91 Å².